The summed E-state index contributed by atoms with van der Waals surface area (Å²) < 4.78 is 0. The molecule has 1 rings (SSSR count). The first-order chi connectivity index (χ1) is 7.54. The maximum absolute atomic E-state index is 10.7. The summed E-state index contributed by atoms with van der Waals surface area (Å²) in [6.07, 6.45) is 0.202. The van der Waals surface area contributed by atoms with E-state index in [9.17, 15) is 14.9 Å². The minimum absolute atomic E-state index is 0. The Kier molecular flexibility index (Phi) is 6.16. The smallest absolute Gasteiger partial charge is 0.308 e. The van der Waals surface area contributed by atoms with Gasteiger partial charge in [0.1, 0.15) is 0 Å². The molecule has 0 saturated heterocycles. The zero-order valence-electron chi connectivity index (χ0n) is 8.91. The van der Waals surface area contributed by atoms with Gasteiger partial charge in [0.25, 0.3) is 5.69 Å². The van der Waals surface area contributed by atoms with E-state index in [1.807, 2.05) is 0 Å². The fourth-order valence-electron chi connectivity index (χ4n) is 1.35. The summed E-state index contributed by atoms with van der Waals surface area (Å²) in [5, 5.41) is 19.3. The van der Waals surface area contributed by atoms with E-state index in [0.717, 1.165) is 0 Å². The highest BCUT2D eigenvalue weighted by molar-refractivity contribution is 5.85. The second kappa shape index (κ2) is 6.82. The number of hydrogen-bond donors (Lipinski definition) is 2. The molecule has 1 aromatic carbocycles. The molecule has 0 aliphatic carbocycles. The molecule has 94 valence electrons. The molecule has 6 nitrogen and oxygen atoms in total. The fourth-order valence-corrected chi connectivity index (χ4v) is 1.35. The molecule has 0 bridgehead atoms. The third kappa shape index (κ3) is 4.38. The lowest BCUT2D eigenvalue weighted by molar-refractivity contribution is -0.384. The second-order valence-corrected chi connectivity index (χ2v) is 3.40. The third-order valence-electron chi connectivity index (χ3n) is 2.24. The van der Waals surface area contributed by atoms with Crippen molar-refractivity contribution in [2.45, 2.75) is 6.42 Å². The van der Waals surface area contributed by atoms with E-state index in [1.165, 1.54) is 18.2 Å². The quantitative estimate of drug-likeness (QED) is 0.611. The van der Waals surface area contributed by atoms with Crippen molar-refractivity contribution in [1.29, 1.82) is 0 Å². The normalized spacial score (nSPS) is 11.4. The van der Waals surface area contributed by atoms with Crippen LogP contribution >= 0.6 is 12.4 Å². The van der Waals surface area contributed by atoms with Crippen LogP contribution in [0.3, 0.4) is 0 Å². The number of nitro benzene ring substituents is 1. The Morgan fingerprint density at radius 1 is 1.53 bits per heavy atom. The van der Waals surface area contributed by atoms with E-state index in [1.54, 1.807) is 6.07 Å². The van der Waals surface area contributed by atoms with Gasteiger partial charge in [-0.3, -0.25) is 14.9 Å². The molecule has 0 amide bonds. The molecule has 0 heterocycles. The van der Waals surface area contributed by atoms with Crippen molar-refractivity contribution in [3.8, 4) is 0 Å². The van der Waals surface area contributed by atoms with E-state index in [-0.39, 0.29) is 31.1 Å². The highest BCUT2D eigenvalue weighted by atomic mass is 35.5. The van der Waals surface area contributed by atoms with Crippen molar-refractivity contribution in [2.24, 2.45) is 11.7 Å². The summed E-state index contributed by atoms with van der Waals surface area (Å²) in [7, 11) is 0. The molecule has 0 spiro atoms. The first-order valence-corrected chi connectivity index (χ1v) is 4.70. The van der Waals surface area contributed by atoms with Gasteiger partial charge in [0.15, 0.2) is 0 Å². The van der Waals surface area contributed by atoms with E-state index >= 15 is 0 Å². The monoisotopic (exact) mass is 260 g/mol. The van der Waals surface area contributed by atoms with E-state index < -0.39 is 16.8 Å². The molecule has 0 unspecified atom stereocenters. The molecule has 1 aromatic rings. The summed E-state index contributed by atoms with van der Waals surface area (Å²) in [5.41, 5.74) is 5.87. The zero-order valence-corrected chi connectivity index (χ0v) is 9.72. The predicted molar refractivity (Wildman–Crippen MR) is 64.2 cm³/mol. The topological polar surface area (TPSA) is 106 Å². The van der Waals surface area contributed by atoms with Gasteiger partial charge in [-0.05, 0) is 12.0 Å². The van der Waals surface area contributed by atoms with Gasteiger partial charge < -0.3 is 10.8 Å². The Balaban J connectivity index is 0.00000256. The number of benzene rings is 1. The lowest BCUT2D eigenvalue weighted by Crippen LogP contribution is -2.25. The molecule has 0 aromatic heterocycles. The number of rotatable bonds is 5. The minimum atomic E-state index is -0.992. The van der Waals surface area contributed by atoms with Crippen molar-refractivity contribution in [3.05, 3.63) is 39.9 Å². The Morgan fingerprint density at radius 3 is 2.65 bits per heavy atom. The highest BCUT2D eigenvalue weighted by Crippen LogP contribution is 2.16. The van der Waals surface area contributed by atoms with Crippen LogP contribution in [-0.4, -0.2) is 22.5 Å². The third-order valence-corrected chi connectivity index (χ3v) is 2.24. The minimum Gasteiger partial charge on any atom is -0.481 e. The van der Waals surface area contributed by atoms with Gasteiger partial charge in [0.05, 0.1) is 10.8 Å². The van der Waals surface area contributed by atoms with Crippen molar-refractivity contribution >= 4 is 24.1 Å². The van der Waals surface area contributed by atoms with Crippen LogP contribution in [0.15, 0.2) is 24.3 Å². The summed E-state index contributed by atoms with van der Waals surface area (Å²) in [6, 6.07) is 5.91. The largest absolute Gasteiger partial charge is 0.481 e. The van der Waals surface area contributed by atoms with Gasteiger partial charge in [0, 0.05) is 18.7 Å². The number of halogens is 1. The van der Waals surface area contributed by atoms with Gasteiger partial charge in [-0.25, -0.2) is 0 Å². The summed E-state index contributed by atoms with van der Waals surface area (Å²) in [5.74, 6) is -1.70. The summed E-state index contributed by atoms with van der Waals surface area (Å²) in [4.78, 5) is 20.7. The molecular weight excluding hydrogens is 248 g/mol. The standard InChI is InChI=1S/C10H12N2O4.ClH/c11-6-8(10(13)14)4-7-2-1-3-9(5-7)12(15)16;/h1-3,5,8H,4,6,11H2,(H,13,14);1H/t8-;/m0./s1. The molecule has 0 fully saturated rings. The van der Waals surface area contributed by atoms with Gasteiger partial charge in [-0.15, -0.1) is 12.4 Å². The second-order valence-electron chi connectivity index (χ2n) is 3.40. The van der Waals surface area contributed by atoms with Crippen molar-refractivity contribution < 1.29 is 14.8 Å². The van der Waals surface area contributed by atoms with Crippen LogP contribution in [0.4, 0.5) is 5.69 Å². The number of carbonyl (C=O) groups is 1. The van der Waals surface area contributed by atoms with Crippen LogP contribution in [0, 0.1) is 16.0 Å². The Labute approximate surface area is 104 Å². The van der Waals surface area contributed by atoms with Gasteiger partial charge in [0.2, 0.25) is 0 Å². The van der Waals surface area contributed by atoms with Gasteiger partial charge >= 0.3 is 5.97 Å². The molecule has 1 atom stereocenters. The molecule has 3 N–H and O–H groups in total. The Morgan fingerprint density at radius 2 is 2.18 bits per heavy atom. The number of nitro groups is 1. The first kappa shape index (κ1) is 15.3. The van der Waals surface area contributed by atoms with E-state index in [4.69, 9.17) is 10.8 Å². The van der Waals surface area contributed by atoms with E-state index in [0.29, 0.717) is 5.56 Å². The van der Waals surface area contributed by atoms with Gasteiger partial charge in [-0.2, -0.15) is 0 Å². The number of nitrogens with zero attached hydrogens (tertiary/aromatic N) is 1. The maximum Gasteiger partial charge on any atom is 0.308 e. The van der Waals surface area contributed by atoms with Crippen LogP contribution in [0.2, 0.25) is 0 Å². The number of aliphatic carboxylic acids is 1. The Hall–Kier alpha value is -1.66. The highest BCUT2D eigenvalue weighted by Gasteiger charge is 2.17. The van der Waals surface area contributed by atoms with Crippen LogP contribution in [0.1, 0.15) is 5.56 Å². The van der Waals surface area contributed by atoms with Crippen LogP contribution in [0.25, 0.3) is 0 Å². The van der Waals surface area contributed by atoms with Crippen molar-refractivity contribution in [1.82, 2.24) is 0 Å². The van der Waals surface area contributed by atoms with Crippen LogP contribution in [0.5, 0.6) is 0 Å². The van der Waals surface area contributed by atoms with Crippen molar-refractivity contribution in [2.75, 3.05) is 6.54 Å². The molecule has 0 radical (unpaired) electrons. The summed E-state index contributed by atoms with van der Waals surface area (Å²) >= 11 is 0. The van der Waals surface area contributed by atoms with Crippen molar-refractivity contribution in [3.63, 3.8) is 0 Å². The number of carboxylic acids is 1. The van der Waals surface area contributed by atoms with E-state index in [2.05, 4.69) is 0 Å². The molecule has 7 heteroatoms. The fraction of sp³-hybridized carbons (Fsp3) is 0.300. The zero-order chi connectivity index (χ0) is 12.1. The van der Waals surface area contributed by atoms with Crippen LogP contribution < -0.4 is 5.73 Å². The number of carboxylic acid groups (broad SMARTS) is 1. The average molecular weight is 261 g/mol. The van der Waals surface area contributed by atoms with Crippen LogP contribution in [-0.2, 0) is 11.2 Å². The lowest BCUT2D eigenvalue weighted by Gasteiger charge is -2.08. The molecule has 17 heavy (non-hydrogen) atoms. The molecule has 0 aliphatic heterocycles. The number of hydrogen-bond acceptors (Lipinski definition) is 4. The maximum atomic E-state index is 10.7. The SMILES string of the molecule is Cl.NC[C@H](Cc1cccc([N+](=O)[O-])c1)C(=O)O. The molecular formula is C10H13ClN2O4. The lowest BCUT2D eigenvalue weighted by atomic mass is 9.99. The number of non-ortho nitro benzene ring substituents is 1. The number of nitrogens with two attached hydrogens (primary N) is 1. The average Bonchev–Trinajstić information content (AvgIpc) is 2.25. The summed E-state index contributed by atoms with van der Waals surface area (Å²) in [6.45, 7) is 0.0119. The Bertz CT molecular complexity index is 411. The molecule has 0 aliphatic rings. The predicted octanol–water partition coefficient (Wildman–Crippen LogP) is 1.22. The van der Waals surface area contributed by atoms with Gasteiger partial charge in [-0.1, -0.05) is 12.1 Å². The molecule has 0 saturated carbocycles. The first-order valence-electron chi connectivity index (χ1n) is 4.70.